The Labute approximate surface area is 105 Å². The van der Waals surface area contributed by atoms with E-state index in [9.17, 15) is 4.79 Å². The van der Waals surface area contributed by atoms with Crippen molar-refractivity contribution >= 4 is 5.91 Å². The van der Waals surface area contributed by atoms with Gasteiger partial charge in [0.1, 0.15) is 0 Å². The van der Waals surface area contributed by atoms with E-state index in [2.05, 4.69) is 18.7 Å². The quantitative estimate of drug-likeness (QED) is 0.721. The molecule has 1 saturated carbocycles. The third-order valence-corrected chi connectivity index (χ3v) is 3.24. The SMILES string of the molecule is CC(C)CN(C1CC1)C(CN)CC(=O)N(C)C. The third kappa shape index (κ3) is 4.64. The average Bonchev–Trinajstić information content (AvgIpc) is 3.05. The van der Waals surface area contributed by atoms with Crippen molar-refractivity contribution in [1.29, 1.82) is 0 Å². The molecule has 4 heteroatoms. The minimum Gasteiger partial charge on any atom is -0.349 e. The van der Waals surface area contributed by atoms with Crippen LogP contribution in [0.2, 0.25) is 0 Å². The smallest absolute Gasteiger partial charge is 0.223 e. The zero-order chi connectivity index (χ0) is 13.0. The van der Waals surface area contributed by atoms with Crippen molar-refractivity contribution in [3.63, 3.8) is 0 Å². The van der Waals surface area contributed by atoms with E-state index < -0.39 is 0 Å². The topological polar surface area (TPSA) is 49.6 Å². The molecule has 0 radical (unpaired) electrons. The van der Waals surface area contributed by atoms with Crippen LogP contribution in [0, 0.1) is 5.92 Å². The van der Waals surface area contributed by atoms with Gasteiger partial charge in [-0.05, 0) is 18.8 Å². The van der Waals surface area contributed by atoms with Gasteiger partial charge < -0.3 is 10.6 Å². The Bertz CT molecular complexity index is 249. The van der Waals surface area contributed by atoms with Crippen LogP contribution < -0.4 is 5.73 Å². The molecule has 0 aromatic carbocycles. The highest BCUT2D eigenvalue weighted by molar-refractivity contribution is 5.76. The molecule has 1 unspecified atom stereocenters. The van der Waals surface area contributed by atoms with Crippen LogP contribution in [0.25, 0.3) is 0 Å². The zero-order valence-corrected chi connectivity index (χ0v) is 11.6. The number of carbonyl (C=O) groups excluding carboxylic acids is 1. The summed E-state index contributed by atoms with van der Waals surface area (Å²) in [5.74, 6) is 0.800. The lowest BCUT2D eigenvalue weighted by Gasteiger charge is -2.32. The fourth-order valence-corrected chi connectivity index (χ4v) is 2.14. The van der Waals surface area contributed by atoms with E-state index >= 15 is 0 Å². The molecule has 1 amide bonds. The Morgan fingerprint density at radius 1 is 1.35 bits per heavy atom. The zero-order valence-electron chi connectivity index (χ0n) is 11.6. The van der Waals surface area contributed by atoms with Gasteiger partial charge in [0.2, 0.25) is 5.91 Å². The van der Waals surface area contributed by atoms with Gasteiger partial charge in [0.15, 0.2) is 0 Å². The molecule has 1 atom stereocenters. The van der Waals surface area contributed by atoms with Crippen molar-refractivity contribution in [2.45, 2.75) is 45.2 Å². The fourth-order valence-electron chi connectivity index (χ4n) is 2.14. The Hall–Kier alpha value is -0.610. The first-order chi connectivity index (χ1) is 7.95. The summed E-state index contributed by atoms with van der Waals surface area (Å²) >= 11 is 0. The van der Waals surface area contributed by atoms with Gasteiger partial charge in [-0.15, -0.1) is 0 Å². The first-order valence-electron chi connectivity index (χ1n) is 6.61. The monoisotopic (exact) mass is 241 g/mol. The summed E-state index contributed by atoms with van der Waals surface area (Å²) in [6, 6.07) is 0.876. The first kappa shape index (κ1) is 14.5. The van der Waals surface area contributed by atoms with Crippen LogP contribution >= 0.6 is 0 Å². The van der Waals surface area contributed by atoms with Crippen molar-refractivity contribution in [3.05, 3.63) is 0 Å². The highest BCUT2D eigenvalue weighted by Crippen LogP contribution is 2.30. The van der Waals surface area contributed by atoms with Crippen molar-refractivity contribution < 1.29 is 4.79 Å². The van der Waals surface area contributed by atoms with Crippen molar-refractivity contribution in [1.82, 2.24) is 9.80 Å². The van der Waals surface area contributed by atoms with E-state index in [0.29, 0.717) is 24.9 Å². The lowest BCUT2D eigenvalue weighted by Crippen LogP contribution is -2.46. The molecule has 1 fully saturated rings. The van der Waals surface area contributed by atoms with Gasteiger partial charge in [-0.2, -0.15) is 0 Å². The highest BCUT2D eigenvalue weighted by atomic mass is 16.2. The van der Waals surface area contributed by atoms with E-state index in [-0.39, 0.29) is 11.9 Å². The molecule has 1 rings (SSSR count). The molecule has 0 aromatic heterocycles. The lowest BCUT2D eigenvalue weighted by atomic mass is 10.1. The van der Waals surface area contributed by atoms with E-state index in [1.165, 1.54) is 12.8 Å². The highest BCUT2D eigenvalue weighted by Gasteiger charge is 2.34. The Kier molecular flexibility index (Phi) is 5.40. The molecule has 0 aliphatic heterocycles. The maximum Gasteiger partial charge on any atom is 0.223 e. The molecule has 2 N–H and O–H groups in total. The number of hydrogen-bond acceptors (Lipinski definition) is 3. The van der Waals surface area contributed by atoms with Crippen LogP contribution in [0.4, 0.5) is 0 Å². The molecule has 17 heavy (non-hydrogen) atoms. The van der Waals surface area contributed by atoms with E-state index in [4.69, 9.17) is 5.73 Å². The minimum absolute atomic E-state index is 0.176. The summed E-state index contributed by atoms with van der Waals surface area (Å²) < 4.78 is 0. The van der Waals surface area contributed by atoms with Gasteiger partial charge in [0, 0.05) is 45.7 Å². The van der Waals surface area contributed by atoms with Gasteiger partial charge in [-0.25, -0.2) is 0 Å². The number of rotatable bonds is 7. The van der Waals surface area contributed by atoms with Crippen LogP contribution in [-0.4, -0.2) is 55.0 Å². The predicted octanol–water partition coefficient (Wildman–Crippen LogP) is 0.912. The predicted molar refractivity (Wildman–Crippen MR) is 70.7 cm³/mol. The summed E-state index contributed by atoms with van der Waals surface area (Å²) in [6.45, 7) is 6.06. The standard InChI is InChI=1S/C13H27N3O/c1-10(2)9-16(11-5-6-11)12(8-14)7-13(17)15(3)4/h10-12H,5-9,14H2,1-4H3. The fraction of sp³-hybridized carbons (Fsp3) is 0.923. The first-order valence-corrected chi connectivity index (χ1v) is 6.61. The van der Waals surface area contributed by atoms with Crippen molar-refractivity contribution in [2.75, 3.05) is 27.2 Å². The molecule has 0 spiro atoms. The summed E-state index contributed by atoms with van der Waals surface area (Å²) in [5.41, 5.74) is 5.85. The largest absolute Gasteiger partial charge is 0.349 e. The molecule has 0 saturated heterocycles. The second-order valence-electron chi connectivity index (χ2n) is 5.70. The summed E-state index contributed by atoms with van der Waals surface area (Å²) in [5, 5.41) is 0. The van der Waals surface area contributed by atoms with E-state index in [0.717, 1.165) is 6.54 Å². The Morgan fingerprint density at radius 3 is 2.29 bits per heavy atom. The maximum atomic E-state index is 11.8. The lowest BCUT2D eigenvalue weighted by molar-refractivity contribution is -0.130. The normalized spacial score (nSPS) is 17.6. The van der Waals surface area contributed by atoms with Gasteiger partial charge in [0.25, 0.3) is 0 Å². The van der Waals surface area contributed by atoms with Crippen molar-refractivity contribution in [3.8, 4) is 0 Å². The Balaban J connectivity index is 2.58. The van der Waals surface area contributed by atoms with Crippen LogP contribution in [0.3, 0.4) is 0 Å². The average molecular weight is 241 g/mol. The number of nitrogens with zero attached hydrogens (tertiary/aromatic N) is 2. The molecule has 1 aliphatic carbocycles. The minimum atomic E-state index is 0.176. The molecule has 0 aromatic rings. The van der Waals surface area contributed by atoms with Crippen LogP contribution in [-0.2, 0) is 4.79 Å². The number of amides is 1. The Morgan fingerprint density at radius 2 is 1.94 bits per heavy atom. The molecular weight excluding hydrogens is 214 g/mol. The third-order valence-electron chi connectivity index (χ3n) is 3.24. The van der Waals surface area contributed by atoms with Crippen LogP contribution in [0.1, 0.15) is 33.1 Å². The van der Waals surface area contributed by atoms with Crippen LogP contribution in [0.15, 0.2) is 0 Å². The summed E-state index contributed by atoms with van der Waals surface area (Å²) in [4.78, 5) is 15.9. The van der Waals surface area contributed by atoms with Gasteiger partial charge in [-0.1, -0.05) is 13.8 Å². The number of nitrogens with two attached hydrogens (primary N) is 1. The van der Waals surface area contributed by atoms with Gasteiger partial charge >= 0.3 is 0 Å². The molecule has 0 bridgehead atoms. The summed E-state index contributed by atoms with van der Waals surface area (Å²) in [6.07, 6.45) is 3.07. The van der Waals surface area contributed by atoms with Gasteiger partial charge in [-0.3, -0.25) is 9.69 Å². The second kappa shape index (κ2) is 6.36. The van der Waals surface area contributed by atoms with E-state index in [1.54, 1.807) is 19.0 Å². The maximum absolute atomic E-state index is 11.8. The molecule has 0 heterocycles. The number of carbonyl (C=O) groups is 1. The molecular formula is C13H27N3O. The van der Waals surface area contributed by atoms with Gasteiger partial charge in [0.05, 0.1) is 0 Å². The van der Waals surface area contributed by atoms with Crippen LogP contribution in [0.5, 0.6) is 0 Å². The molecule has 4 nitrogen and oxygen atoms in total. The molecule has 1 aliphatic rings. The summed E-state index contributed by atoms with van der Waals surface area (Å²) in [7, 11) is 3.61. The molecule has 100 valence electrons. The van der Waals surface area contributed by atoms with Crippen molar-refractivity contribution in [2.24, 2.45) is 11.7 Å². The number of hydrogen-bond donors (Lipinski definition) is 1. The second-order valence-corrected chi connectivity index (χ2v) is 5.70. The van der Waals surface area contributed by atoms with E-state index in [1.807, 2.05) is 0 Å².